The molecule has 2 atom stereocenters. The molecule has 0 unspecified atom stereocenters. The second-order valence-electron chi connectivity index (χ2n) is 9.56. The van der Waals surface area contributed by atoms with E-state index in [0.29, 0.717) is 29.4 Å². The summed E-state index contributed by atoms with van der Waals surface area (Å²) in [6, 6.07) is 14.2. The van der Waals surface area contributed by atoms with Gasteiger partial charge < -0.3 is 34.5 Å². The number of hydrogen-bond acceptors (Lipinski definition) is 8. The number of halogens is 1. The number of urea groups is 1. The van der Waals surface area contributed by atoms with Crippen LogP contribution in [0.5, 0.6) is 11.5 Å². The summed E-state index contributed by atoms with van der Waals surface area (Å²) in [5, 5.41) is 20.0. The quantitative estimate of drug-likeness (QED) is 0.0780. The van der Waals surface area contributed by atoms with Crippen LogP contribution < -0.4 is 25.5 Å². The Kier molecular flexibility index (Phi) is 10.1. The number of nitrogens with zero attached hydrogens (tertiary/aromatic N) is 2. The van der Waals surface area contributed by atoms with E-state index in [1.54, 1.807) is 31.3 Å². The summed E-state index contributed by atoms with van der Waals surface area (Å²) in [5.74, 6) is 0.213. The number of aryl methyl sites for hydroxylation is 1. The van der Waals surface area contributed by atoms with Crippen LogP contribution >= 0.6 is 22.6 Å². The van der Waals surface area contributed by atoms with Crippen molar-refractivity contribution in [2.24, 2.45) is 5.10 Å². The minimum atomic E-state index is -1.10. The van der Waals surface area contributed by atoms with Crippen LogP contribution in [0.2, 0.25) is 0 Å². The van der Waals surface area contributed by atoms with Gasteiger partial charge in [0.25, 0.3) is 0 Å². The topological polar surface area (TPSA) is 135 Å². The lowest BCUT2D eigenvalue weighted by atomic mass is 9.95. The number of rotatable bonds is 11. The highest BCUT2D eigenvalue weighted by atomic mass is 127. The third-order valence-corrected chi connectivity index (χ3v) is 7.31. The van der Waals surface area contributed by atoms with Crippen molar-refractivity contribution >= 4 is 40.8 Å². The highest BCUT2D eigenvalue weighted by Crippen LogP contribution is 2.35. The molecule has 2 amide bonds. The molecule has 12 heteroatoms. The molecule has 4 N–H and O–H groups in total. The van der Waals surface area contributed by atoms with Gasteiger partial charge in [-0.2, -0.15) is 5.10 Å². The van der Waals surface area contributed by atoms with Crippen molar-refractivity contribution in [1.29, 1.82) is 0 Å². The molecule has 1 aromatic heterocycles. The van der Waals surface area contributed by atoms with E-state index in [-0.39, 0.29) is 12.2 Å². The van der Waals surface area contributed by atoms with E-state index >= 15 is 0 Å². The van der Waals surface area contributed by atoms with Crippen molar-refractivity contribution in [2.75, 3.05) is 20.3 Å². The summed E-state index contributed by atoms with van der Waals surface area (Å²) in [7, 11) is 1.28. The first-order valence-corrected chi connectivity index (χ1v) is 14.4. The van der Waals surface area contributed by atoms with Crippen molar-refractivity contribution in [3.63, 3.8) is 0 Å². The molecule has 0 spiro atoms. The van der Waals surface area contributed by atoms with Gasteiger partial charge in [-0.3, -0.25) is 5.43 Å². The average molecular weight is 688 g/mol. The van der Waals surface area contributed by atoms with Gasteiger partial charge in [-0.15, -0.1) is 0 Å². The molecule has 2 heterocycles. The van der Waals surface area contributed by atoms with Crippen LogP contribution in [0.3, 0.4) is 0 Å². The van der Waals surface area contributed by atoms with Crippen molar-refractivity contribution in [3.8, 4) is 17.2 Å². The lowest BCUT2D eigenvalue weighted by Gasteiger charge is -2.28. The van der Waals surface area contributed by atoms with E-state index in [4.69, 9.17) is 14.2 Å². The number of hydrazone groups is 1. The van der Waals surface area contributed by atoms with Gasteiger partial charge in [0.2, 0.25) is 0 Å². The molecule has 0 fully saturated rings. The normalized spacial score (nSPS) is 15.7. The highest BCUT2D eigenvalue weighted by Gasteiger charge is 2.32. The van der Waals surface area contributed by atoms with Crippen molar-refractivity contribution < 1.29 is 28.9 Å². The van der Waals surface area contributed by atoms with Crippen LogP contribution in [0.25, 0.3) is 5.69 Å². The fourth-order valence-corrected chi connectivity index (χ4v) is 5.27. The van der Waals surface area contributed by atoms with Crippen LogP contribution in [0.1, 0.15) is 42.4 Å². The molecule has 3 aromatic rings. The lowest BCUT2D eigenvalue weighted by Crippen LogP contribution is -2.45. The van der Waals surface area contributed by atoms with E-state index in [2.05, 4.69) is 60.5 Å². The zero-order valence-corrected chi connectivity index (χ0v) is 26.2. The third kappa shape index (κ3) is 7.05. The van der Waals surface area contributed by atoms with E-state index in [1.165, 1.54) is 7.11 Å². The average Bonchev–Trinajstić information content (AvgIpc) is 3.24. The number of ether oxygens (including phenoxy) is 3. The number of carbonyl (C=O) groups is 2. The van der Waals surface area contributed by atoms with Gasteiger partial charge in [0, 0.05) is 31.9 Å². The Labute approximate surface area is 258 Å². The van der Waals surface area contributed by atoms with Gasteiger partial charge in [0.1, 0.15) is 6.61 Å². The maximum Gasteiger partial charge on any atom is 0.337 e. The second-order valence-corrected chi connectivity index (χ2v) is 10.8. The Morgan fingerprint density at radius 2 is 1.95 bits per heavy atom. The van der Waals surface area contributed by atoms with E-state index in [1.807, 2.05) is 39.0 Å². The Morgan fingerprint density at radius 3 is 2.67 bits per heavy atom. The lowest BCUT2D eigenvalue weighted by molar-refractivity contribution is -0.136. The summed E-state index contributed by atoms with van der Waals surface area (Å²) in [6.07, 6.45) is 0.563. The number of aromatic nitrogens is 1. The molecular weight excluding hydrogens is 653 g/mol. The zero-order chi connectivity index (χ0) is 30.4. The molecular formula is C30H34IN5O6. The molecule has 0 saturated heterocycles. The molecule has 1 aliphatic heterocycles. The first kappa shape index (κ1) is 30.9. The van der Waals surface area contributed by atoms with Gasteiger partial charge in [-0.05, 0) is 92.2 Å². The maximum absolute atomic E-state index is 12.4. The number of esters is 1. The van der Waals surface area contributed by atoms with E-state index in [9.17, 15) is 14.7 Å². The monoisotopic (exact) mass is 687 g/mol. The molecule has 222 valence electrons. The molecule has 0 saturated carbocycles. The highest BCUT2D eigenvalue weighted by molar-refractivity contribution is 14.1. The summed E-state index contributed by atoms with van der Waals surface area (Å²) in [6.45, 7) is 7.75. The van der Waals surface area contributed by atoms with Crippen LogP contribution in [-0.4, -0.2) is 54.4 Å². The van der Waals surface area contributed by atoms with Crippen LogP contribution in [0, 0.1) is 17.4 Å². The number of methoxy groups -OCH3 is 1. The Balaban J connectivity index is 1.43. The predicted molar refractivity (Wildman–Crippen MR) is 167 cm³/mol. The Morgan fingerprint density at radius 1 is 1.17 bits per heavy atom. The molecule has 11 nitrogen and oxygen atoms in total. The minimum absolute atomic E-state index is 0.116. The van der Waals surface area contributed by atoms with Gasteiger partial charge in [-0.1, -0.05) is 12.1 Å². The van der Waals surface area contributed by atoms with Gasteiger partial charge in [-0.25, -0.2) is 9.59 Å². The summed E-state index contributed by atoms with van der Waals surface area (Å²) >= 11 is 2.30. The number of amides is 2. The second kappa shape index (κ2) is 13.7. The van der Waals surface area contributed by atoms with E-state index < -0.39 is 24.3 Å². The Hall–Kier alpha value is -4.04. The molecule has 42 heavy (non-hydrogen) atoms. The molecule has 1 aliphatic rings. The molecule has 0 aliphatic carbocycles. The zero-order valence-electron chi connectivity index (χ0n) is 24.0. The number of allylic oxidation sites excluding steroid dienone is 1. The van der Waals surface area contributed by atoms with Crippen LogP contribution in [0.15, 0.2) is 64.9 Å². The fraction of sp³-hybridized carbons (Fsp3) is 0.300. The van der Waals surface area contributed by atoms with Gasteiger partial charge in [0.15, 0.2) is 17.7 Å². The third-order valence-electron chi connectivity index (χ3n) is 6.64. The number of carbonyl (C=O) groups excluding carboxylic acids is 2. The standard InChI is InChI=1S/C30H34IN5O6/c1-6-41-25-13-20(28-27(29(38)40-5)18(3)33-30(39)34-28)10-11-24(25)42-16-26(37)35-32-15-21-12-17(2)36(19(21)4)23-9-7-8-22(31)14-23/h7-15,26,28,35,37H,6,16H2,1-5H3,(H2,33,34,39)/b32-15-/t26-,28+/m0/s1. The molecule has 4 rings (SSSR count). The van der Waals surface area contributed by atoms with Crippen molar-refractivity contribution in [1.82, 2.24) is 20.6 Å². The van der Waals surface area contributed by atoms with E-state index in [0.717, 1.165) is 26.2 Å². The molecule has 2 aromatic carbocycles. The van der Waals surface area contributed by atoms with Crippen molar-refractivity contribution in [2.45, 2.75) is 40.0 Å². The number of nitrogens with one attached hydrogen (secondary N) is 3. The summed E-state index contributed by atoms with van der Waals surface area (Å²) in [4.78, 5) is 24.6. The van der Waals surface area contributed by atoms with Crippen molar-refractivity contribution in [3.05, 3.63) is 85.9 Å². The SMILES string of the molecule is CCOc1cc([C@H]2NC(=O)NC(C)=C2C(=O)OC)ccc1OC[C@H](O)N/N=C\c1cc(C)n(-c2cccc(I)c2)c1C. The smallest absolute Gasteiger partial charge is 0.337 e. The number of aliphatic hydroxyl groups is 1. The number of benzene rings is 2. The minimum Gasteiger partial charge on any atom is -0.490 e. The number of hydrogen-bond donors (Lipinski definition) is 4. The largest absolute Gasteiger partial charge is 0.490 e. The summed E-state index contributed by atoms with van der Waals surface area (Å²) < 4.78 is 19.8. The first-order chi connectivity index (χ1) is 20.1. The molecule has 0 radical (unpaired) electrons. The van der Waals surface area contributed by atoms with Gasteiger partial charge >= 0.3 is 12.0 Å². The number of aliphatic hydroxyl groups excluding tert-OH is 1. The predicted octanol–water partition coefficient (Wildman–Crippen LogP) is 4.22. The van der Waals surface area contributed by atoms with Crippen LogP contribution in [-0.2, 0) is 9.53 Å². The van der Waals surface area contributed by atoms with Gasteiger partial charge in [0.05, 0.1) is 31.5 Å². The van der Waals surface area contributed by atoms with Crippen LogP contribution in [0.4, 0.5) is 4.79 Å². The summed E-state index contributed by atoms with van der Waals surface area (Å²) in [5.41, 5.74) is 8.07. The Bertz CT molecular complexity index is 1530. The molecule has 0 bridgehead atoms. The fourth-order valence-electron chi connectivity index (χ4n) is 4.75. The maximum atomic E-state index is 12.4. The first-order valence-electron chi connectivity index (χ1n) is 13.3.